The van der Waals surface area contributed by atoms with E-state index in [1.165, 1.54) is 4.90 Å². The first-order valence-corrected chi connectivity index (χ1v) is 10.2. The summed E-state index contributed by atoms with van der Waals surface area (Å²) in [6.45, 7) is 2.13. The standard InChI is InChI=1S/C22H18F6N4O2/c1-12-4-6-13(7-5-12)18-30-19(34-31-18)17-3-2-8-32(17)20(33)29-16-10-14(21(23,24)25)9-15(11-16)22(26,27)28/h4-7,9-11,17H,2-3,8H2,1H3,(H,29,33). The minimum atomic E-state index is -5.02. The summed E-state index contributed by atoms with van der Waals surface area (Å²) < 4.78 is 83.9. The zero-order valence-corrected chi connectivity index (χ0v) is 17.7. The van der Waals surface area contributed by atoms with E-state index < -0.39 is 41.2 Å². The number of nitrogens with one attached hydrogen (secondary N) is 1. The smallest absolute Gasteiger partial charge is 0.337 e. The van der Waals surface area contributed by atoms with Gasteiger partial charge in [0.25, 0.3) is 0 Å². The van der Waals surface area contributed by atoms with E-state index in [0.717, 1.165) is 5.56 Å². The third-order valence-electron chi connectivity index (χ3n) is 5.39. The largest absolute Gasteiger partial charge is 0.416 e. The molecule has 1 saturated heterocycles. The van der Waals surface area contributed by atoms with Crippen LogP contribution in [0.5, 0.6) is 0 Å². The zero-order chi connectivity index (χ0) is 24.7. The Morgan fingerprint density at radius 1 is 1.03 bits per heavy atom. The number of benzene rings is 2. The molecular formula is C22H18F6N4O2. The Morgan fingerprint density at radius 2 is 1.65 bits per heavy atom. The molecule has 1 N–H and O–H groups in total. The van der Waals surface area contributed by atoms with Crippen LogP contribution in [-0.2, 0) is 12.4 Å². The number of hydrogen-bond acceptors (Lipinski definition) is 4. The Hall–Kier alpha value is -3.57. The molecule has 12 heteroatoms. The molecule has 0 aliphatic carbocycles. The van der Waals surface area contributed by atoms with Crippen LogP contribution >= 0.6 is 0 Å². The summed E-state index contributed by atoms with van der Waals surface area (Å²) in [5.41, 5.74) is -1.93. The second kappa shape index (κ2) is 8.65. The molecule has 4 rings (SSSR count). The number of aryl methyl sites for hydroxylation is 1. The Kier molecular flexibility index (Phi) is 6.00. The fraction of sp³-hybridized carbons (Fsp3) is 0.318. The molecule has 34 heavy (non-hydrogen) atoms. The van der Waals surface area contributed by atoms with Gasteiger partial charge in [-0.15, -0.1) is 0 Å². The minimum absolute atomic E-state index is 0.000638. The fourth-order valence-electron chi connectivity index (χ4n) is 3.68. The van der Waals surface area contributed by atoms with E-state index in [4.69, 9.17) is 4.52 Å². The molecule has 1 aliphatic rings. The number of nitrogens with zero attached hydrogens (tertiary/aromatic N) is 3. The molecule has 0 radical (unpaired) electrons. The van der Waals surface area contributed by atoms with Gasteiger partial charge in [-0.05, 0) is 38.0 Å². The lowest BCUT2D eigenvalue weighted by Gasteiger charge is -2.23. The van der Waals surface area contributed by atoms with E-state index in [9.17, 15) is 31.1 Å². The maximum absolute atomic E-state index is 13.1. The Morgan fingerprint density at radius 3 is 2.24 bits per heavy atom. The number of carbonyl (C=O) groups is 1. The van der Waals surface area contributed by atoms with Gasteiger partial charge < -0.3 is 14.7 Å². The molecule has 1 aromatic heterocycles. The number of rotatable bonds is 3. The lowest BCUT2D eigenvalue weighted by atomic mass is 10.1. The molecule has 2 heterocycles. The Labute approximate surface area is 189 Å². The molecule has 180 valence electrons. The molecular weight excluding hydrogens is 466 g/mol. The van der Waals surface area contributed by atoms with E-state index >= 15 is 0 Å². The topological polar surface area (TPSA) is 71.3 Å². The second-order valence-corrected chi connectivity index (χ2v) is 7.90. The summed E-state index contributed by atoms with van der Waals surface area (Å²) in [7, 11) is 0. The Bertz CT molecular complexity index is 1160. The number of aromatic nitrogens is 2. The van der Waals surface area contributed by atoms with Crippen LogP contribution in [0.1, 0.15) is 41.5 Å². The van der Waals surface area contributed by atoms with Crippen molar-refractivity contribution in [2.75, 3.05) is 11.9 Å². The molecule has 3 aromatic rings. The molecule has 1 fully saturated rings. The van der Waals surface area contributed by atoms with E-state index in [-0.39, 0.29) is 18.5 Å². The van der Waals surface area contributed by atoms with Crippen LogP contribution in [0, 0.1) is 6.92 Å². The van der Waals surface area contributed by atoms with Crippen molar-refractivity contribution in [3.8, 4) is 11.4 Å². The molecule has 1 atom stereocenters. The summed E-state index contributed by atoms with van der Waals surface area (Å²) in [6.07, 6.45) is -9.06. The lowest BCUT2D eigenvalue weighted by molar-refractivity contribution is -0.143. The van der Waals surface area contributed by atoms with Crippen LogP contribution in [-0.4, -0.2) is 27.6 Å². The maximum atomic E-state index is 13.1. The van der Waals surface area contributed by atoms with Gasteiger partial charge in [0.05, 0.1) is 11.1 Å². The summed E-state index contributed by atoms with van der Waals surface area (Å²) in [4.78, 5) is 18.4. The van der Waals surface area contributed by atoms with E-state index in [1.807, 2.05) is 19.1 Å². The van der Waals surface area contributed by atoms with Crippen LogP contribution in [0.3, 0.4) is 0 Å². The number of carbonyl (C=O) groups excluding carboxylic acids is 1. The number of anilines is 1. The lowest BCUT2D eigenvalue weighted by Crippen LogP contribution is -2.34. The first-order valence-electron chi connectivity index (χ1n) is 10.2. The van der Waals surface area contributed by atoms with Crippen molar-refractivity contribution in [3.63, 3.8) is 0 Å². The fourth-order valence-corrected chi connectivity index (χ4v) is 3.68. The number of hydrogen-bond donors (Lipinski definition) is 1. The molecule has 1 unspecified atom stereocenters. The second-order valence-electron chi connectivity index (χ2n) is 7.90. The van der Waals surface area contributed by atoms with Gasteiger partial charge in [0.15, 0.2) is 0 Å². The maximum Gasteiger partial charge on any atom is 0.416 e. The summed E-state index contributed by atoms with van der Waals surface area (Å²) in [5.74, 6) is 0.429. The van der Waals surface area contributed by atoms with Crippen molar-refractivity contribution in [2.45, 2.75) is 38.2 Å². The van der Waals surface area contributed by atoms with Gasteiger partial charge in [-0.3, -0.25) is 0 Å². The minimum Gasteiger partial charge on any atom is -0.337 e. The van der Waals surface area contributed by atoms with Crippen LogP contribution in [0.15, 0.2) is 47.0 Å². The highest BCUT2D eigenvalue weighted by atomic mass is 19.4. The number of amides is 2. The van der Waals surface area contributed by atoms with E-state index in [2.05, 4.69) is 15.5 Å². The van der Waals surface area contributed by atoms with Crippen molar-refractivity contribution < 1.29 is 35.7 Å². The number of urea groups is 1. The quantitative estimate of drug-likeness (QED) is 0.434. The van der Waals surface area contributed by atoms with Gasteiger partial charge in [0.1, 0.15) is 6.04 Å². The van der Waals surface area contributed by atoms with Crippen LogP contribution < -0.4 is 5.32 Å². The van der Waals surface area contributed by atoms with Gasteiger partial charge >= 0.3 is 18.4 Å². The first kappa shape index (κ1) is 23.6. The summed E-state index contributed by atoms with van der Waals surface area (Å²) >= 11 is 0. The van der Waals surface area contributed by atoms with E-state index in [0.29, 0.717) is 36.4 Å². The van der Waals surface area contributed by atoms with Crippen molar-refractivity contribution >= 4 is 11.7 Å². The van der Waals surface area contributed by atoms with Crippen molar-refractivity contribution in [2.24, 2.45) is 0 Å². The third-order valence-corrected chi connectivity index (χ3v) is 5.39. The van der Waals surface area contributed by atoms with Gasteiger partial charge in [-0.25, -0.2) is 4.79 Å². The van der Waals surface area contributed by atoms with Gasteiger partial charge in [-0.1, -0.05) is 35.0 Å². The van der Waals surface area contributed by atoms with Crippen molar-refractivity contribution in [1.29, 1.82) is 0 Å². The summed E-state index contributed by atoms with van der Waals surface area (Å²) in [6, 6.07) is 6.71. The molecule has 1 aliphatic heterocycles. The average molecular weight is 484 g/mol. The third kappa shape index (κ3) is 5.00. The Balaban J connectivity index is 1.56. The average Bonchev–Trinajstić information content (AvgIpc) is 3.42. The highest BCUT2D eigenvalue weighted by molar-refractivity contribution is 5.90. The number of alkyl halides is 6. The molecule has 2 aromatic carbocycles. The van der Waals surface area contributed by atoms with Crippen LogP contribution in [0.2, 0.25) is 0 Å². The van der Waals surface area contributed by atoms with E-state index in [1.54, 1.807) is 12.1 Å². The molecule has 0 bridgehead atoms. The highest BCUT2D eigenvalue weighted by Gasteiger charge is 2.38. The molecule has 0 spiro atoms. The van der Waals surface area contributed by atoms with Gasteiger partial charge in [-0.2, -0.15) is 31.3 Å². The SMILES string of the molecule is Cc1ccc(-c2noc(C3CCCN3C(=O)Nc3cc(C(F)(F)F)cc(C(F)(F)F)c3)n2)cc1. The van der Waals surface area contributed by atoms with Crippen LogP contribution in [0.4, 0.5) is 36.8 Å². The van der Waals surface area contributed by atoms with Crippen molar-refractivity contribution in [1.82, 2.24) is 15.0 Å². The van der Waals surface area contributed by atoms with Gasteiger partial charge in [0, 0.05) is 17.8 Å². The van der Waals surface area contributed by atoms with Crippen LogP contribution in [0.25, 0.3) is 11.4 Å². The zero-order valence-electron chi connectivity index (χ0n) is 17.7. The number of halogens is 6. The predicted molar refractivity (Wildman–Crippen MR) is 109 cm³/mol. The van der Waals surface area contributed by atoms with Gasteiger partial charge in [0.2, 0.25) is 11.7 Å². The van der Waals surface area contributed by atoms with Crippen molar-refractivity contribution in [3.05, 3.63) is 65.0 Å². The monoisotopic (exact) mass is 484 g/mol. The molecule has 2 amide bonds. The molecule has 0 saturated carbocycles. The predicted octanol–water partition coefficient (Wildman–Crippen LogP) is 6.45. The highest BCUT2D eigenvalue weighted by Crippen LogP contribution is 2.38. The number of likely N-dealkylation sites (tertiary alicyclic amines) is 1. The summed E-state index contributed by atoms with van der Waals surface area (Å²) in [5, 5.41) is 6.07. The first-order chi connectivity index (χ1) is 15.9. The molecule has 6 nitrogen and oxygen atoms in total. The normalized spacial score (nSPS) is 16.7.